The lowest BCUT2D eigenvalue weighted by molar-refractivity contribution is -0.137. The van der Waals surface area contributed by atoms with Gasteiger partial charge in [0.1, 0.15) is 0 Å². The molecule has 0 spiro atoms. The molecule has 0 saturated carbocycles. The van der Waals surface area contributed by atoms with Gasteiger partial charge in [0.05, 0.1) is 34.9 Å². The maximum atomic E-state index is 13.2. The molecule has 1 aliphatic rings. The molecule has 2 amide bonds. The van der Waals surface area contributed by atoms with Gasteiger partial charge in [0.15, 0.2) is 0 Å². The van der Waals surface area contributed by atoms with Crippen LogP contribution in [0.1, 0.15) is 53.3 Å². The first-order valence-corrected chi connectivity index (χ1v) is 12.7. The van der Waals surface area contributed by atoms with Crippen LogP contribution in [-0.2, 0) is 16.0 Å². The predicted molar refractivity (Wildman–Crippen MR) is 145 cm³/mol. The molecular weight excluding hydrogens is 504 g/mol. The minimum Gasteiger partial charge on any atom is -0.481 e. The number of benzene rings is 3. The first-order chi connectivity index (χ1) is 18.4. The van der Waals surface area contributed by atoms with Crippen molar-refractivity contribution in [2.24, 2.45) is 0 Å². The van der Waals surface area contributed by atoms with Crippen LogP contribution >= 0.6 is 11.6 Å². The fraction of sp³-hybridized carbons (Fsp3) is 0.207. The minimum atomic E-state index is -0.832. The summed E-state index contributed by atoms with van der Waals surface area (Å²) < 4.78 is 0. The van der Waals surface area contributed by atoms with E-state index in [4.69, 9.17) is 26.7 Å². The van der Waals surface area contributed by atoms with Crippen molar-refractivity contribution < 1.29 is 19.5 Å². The van der Waals surface area contributed by atoms with Crippen molar-refractivity contribution >= 4 is 46.1 Å². The van der Waals surface area contributed by atoms with E-state index in [0.29, 0.717) is 52.3 Å². The van der Waals surface area contributed by atoms with Crippen molar-refractivity contribution in [1.82, 2.24) is 15.3 Å². The minimum absolute atomic E-state index is 0.0872. The van der Waals surface area contributed by atoms with Crippen LogP contribution in [-0.4, -0.2) is 32.9 Å². The van der Waals surface area contributed by atoms with Crippen LogP contribution in [0, 0.1) is 0 Å². The molecule has 1 aromatic heterocycles. The molecule has 8 nitrogen and oxygen atoms in total. The lowest BCUT2D eigenvalue weighted by Crippen LogP contribution is -2.35. The van der Waals surface area contributed by atoms with Gasteiger partial charge in [0.2, 0.25) is 5.91 Å². The summed E-state index contributed by atoms with van der Waals surface area (Å²) in [5, 5.41) is 15.4. The molecule has 1 aliphatic heterocycles. The van der Waals surface area contributed by atoms with E-state index in [1.54, 1.807) is 30.3 Å². The average Bonchev–Trinajstić information content (AvgIpc) is 2.90. The van der Waals surface area contributed by atoms with Crippen LogP contribution in [0.5, 0.6) is 0 Å². The molecule has 0 bridgehead atoms. The van der Waals surface area contributed by atoms with Gasteiger partial charge < -0.3 is 15.7 Å². The van der Waals surface area contributed by atoms with Crippen molar-refractivity contribution in [3.05, 3.63) is 88.6 Å². The van der Waals surface area contributed by atoms with Gasteiger partial charge in [-0.2, -0.15) is 0 Å². The number of carboxylic acids is 1. The fourth-order valence-corrected chi connectivity index (χ4v) is 4.72. The molecule has 38 heavy (non-hydrogen) atoms. The maximum Gasteiger partial charge on any atom is 0.303 e. The second-order valence-corrected chi connectivity index (χ2v) is 9.63. The van der Waals surface area contributed by atoms with Crippen molar-refractivity contribution in [2.75, 3.05) is 5.32 Å². The van der Waals surface area contributed by atoms with Crippen molar-refractivity contribution in [3.8, 4) is 11.3 Å². The molecular formula is C29H25ClN4O4. The predicted octanol–water partition coefficient (Wildman–Crippen LogP) is 5.56. The number of unbranched alkanes of at least 4 members (excludes halogenated alkanes) is 1. The van der Waals surface area contributed by atoms with E-state index in [-0.39, 0.29) is 24.7 Å². The van der Waals surface area contributed by atoms with Crippen molar-refractivity contribution in [2.45, 2.75) is 38.1 Å². The second kappa shape index (κ2) is 11.0. The van der Waals surface area contributed by atoms with E-state index in [0.717, 1.165) is 16.8 Å². The van der Waals surface area contributed by atoms with Gasteiger partial charge in [0, 0.05) is 28.3 Å². The van der Waals surface area contributed by atoms with Gasteiger partial charge in [-0.05, 0) is 61.2 Å². The number of aromatic nitrogens is 2. The molecule has 0 aliphatic carbocycles. The number of aliphatic carboxylic acids is 1. The number of anilines is 1. The molecule has 5 rings (SSSR count). The molecule has 1 unspecified atom stereocenters. The summed E-state index contributed by atoms with van der Waals surface area (Å²) in [6, 6.07) is 19.4. The van der Waals surface area contributed by atoms with E-state index in [2.05, 4.69) is 10.6 Å². The highest BCUT2D eigenvalue weighted by Crippen LogP contribution is 2.31. The summed E-state index contributed by atoms with van der Waals surface area (Å²) >= 11 is 6.07. The molecule has 0 radical (unpaired) electrons. The molecule has 4 aromatic rings. The normalized spacial score (nSPS) is 14.6. The number of amides is 2. The highest BCUT2D eigenvalue weighted by Gasteiger charge is 2.26. The van der Waals surface area contributed by atoms with Crippen LogP contribution in [0.3, 0.4) is 0 Å². The number of halogens is 1. The molecule has 3 N–H and O–H groups in total. The number of hydrogen-bond donors (Lipinski definition) is 3. The number of carbonyl (C=O) groups is 3. The third-order valence-corrected chi connectivity index (χ3v) is 6.73. The van der Waals surface area contributed by atoms with Crippen LogP contribution in [0.15, 0.2) is 66.7 Å². The van der Waals surface area contributed by atoms with Gasteiger partial charge in [0.25, 0.3) is 5.91 Å². The Morgan fingerprint density at radius 1 is 1.00 bits per heavy atom. The van der Waals surface area contributed by atoms with Gasteiger partial charge in [-0.1, -0.05) is 41.9 Å². The molecule has 0 fully saturated rings. The lowest BCUT2D eigenvalue weighted by Gasteiger charge is -2.26. The number of aryl methyl sites for hydroxylation is 1. The van der Waals surface area contributed by atoms with E-state index >= 15 is 0 Å². The third kappa shape index (κ3) is 5.65. The molecule has 192 valence electrons. The molecule has 3 aromatic carbocycles. The Morgan fingerprint density at radius 2 is 1.79 bits per heavy atom. The van der Waals surface area contributed by atoms with Crippen LogP contribution in [0.25, 0.3) is 22.3 Å². The van der Waals surface area contributed by atoms with Crippen molar-refractivity contribution in [1.29, 1.82) is 0 Å². The van der Waals surface area contributed by atoms with Crippen LogP contribution in [0.2, 0.25) is 5.02 Å². The Balaban J connectivity index is 1.44. The topological polar surface area (TPSA) is 121 Å². The molecule has 2 heterocycles. The monoisotopic (exact) mass is 528 g/mol. The smallest absolute Gasteiger partial charge is 0.303 e. The Morgan fingerprint density at radius 3 is 2.58 bits per heavy atom. The average molecular weight is 529 g/mol. The number of nitrogens with zero attached hydrogens (tertiary/aromatic N) is 2. The number of carboxylic acid groups (broad SMARTS) is 1. The van der Waals surface area contributed by atoms with Gasteiger partial charge in [-0.3, -0.25) is 14.4 Å². The summed E-state index contributed by atoms with van der Waals surface area (Å²) in [7, 11) is 0. The SMILES string of the molecule is O=C(O)CCCCc1nc2cc(C(=O)NC3CC(=O)Nc4ccccc43)ccc2nc1-c1ccc(Cl)cc1. The quantitative estimate of drug-likeness (QED) is 0.257. The van der Waals surface area contributed by atoms with Gasteiger partial charge >= 0.3 is 5.97 Å². The van der Waals surface area contributed by atoms with Gasteiger partial charge in [-0.25, -0.2) is 9.97 Å². The Kier molecular flexibility index (Phi) is 7.33. The molecule has 1 atom stereocenters. The number of rotatable bonds is 8. The summed E-state index contributed by atoms with van der Waals surface area (Å²) in [5.74, 6) is -1.30. The van der Waals surface area contributed by atoms with Crippen LogP contribution < -0.4 is 10.6 Å². The zero-order valence-corrected chi connectivity index (χ0v) is 21.2. The van der Waals surface area contributed by atoms with E-state index in [1.807, 2.05) is 36.4 Å². The van der Waals surface area contributed by atoms with E-state index in [9.17, 15) is 14.4 Å². The number of fused-ring (bicyclic) bond motifs is 2. The summed E-state index contributed by atoms with van der Waals surface area (Å²) in [4.78, 5) is 46.0. The van der Waals surface area contributed by atoms with E-state index < -0.39 is 12.0 Å². The summed E-state index contributed by atoms with van der Waals surface area (Å²) in [6.45, 7) is 0. The van der Waals surface area contributed by atoms with Gasteiger partial charge in [-0.15, -0.1) is 0 Å². The largest absolute Gasteiger partial charge is 0.481 e. The van der Waals surface area contributed by atoms with Crippen molar-refractivity contribution in [3.63, 3.8) is 0 Å². The first-order valence-electron chi connectivity index (χ1n) is 12.4. The second-order valence-electron chi connectivity index (χ2n) is 9.20. The summed E-state index contributed by atoms with van der Waals surface area (Å²) in [6.07, 6.45) is 1.94. The fourth-order valence-electron chi connectivity index (χ4n) is 4.60. The lowest BCUT2D eigenvalue weighted by atomic mass is 9.97. The highest BCUT2D eigenvalue weighted by atomic mass is 35.5. The number of nitrogens with one attached hydrogen (secondary N) is 2. The number of para-hydroxylation sites is 1. The Hall–Kier alpha value is -4.30. The third-order valence-electron chi connectivity index (χ3n) is 6.48. The standard InChI is InChI=1S/C29H25ClN4O4/c30-19-12-9-17(10-13-19)28-23(7-3-4-8-27(36)37)31-25-15-18(11-14-22(25)33-28)29(38)34-24-16-26(35)32-21-6-2-1-5-20(21)24/h1-2,5-6,9-15,24H,3-4,7-8,16H2,(H,32,35)(H,34,38)(H,36,37). The van der Waals surface area contributed by atoms with E-state index in [1.165, 1.54) is 0 Å². The zero-order valence-electron chi connectivity index (χ0n) is 20.4. The number of hydrogen-bond acceptors (Lipinski definition) is 5. The zero-order chi connectivity index (χ0) is 26.6. The molecule has 9 heteroatoms. The first kappa shape index (κ1) is 25.4. The Bertz CT molecular complexity index is 1540. The Labute approximate surface area is 224 Å². The molecule has 0 saturated heterocycles. The highest BCUT2D eigenvalue weighted by molar-refractivity contribution is 6.30. The number of carbonyl (C=O) groups excluding carboxylic acids is 2. The summed E-state index contributed by atoms with van der Waals surface area (Å²) in [5.41, 5.74) is 5.43. The van der Waals surface area contributed by atoms with Crippen LogP contribution in [0.4, 0.5) is 5.69 Å². The maximum absolute atomic E-state index is 13.2.